The van der Waals surface area contributed by atoms with E-state index in [-0.39, 0.29) is 17.8 Å². The maximum Gasteiger partial charge on any atom is 0.274 e. The number of likely N-dealkylation sites (tertiary alicyclic amines) is 1. The summed E-state index contributed by atoms with van der Waals surface area (Å²) in [6, 6.07) is 14.4. The smallest absolute Gasteiger partial charge is 0.274 e. The van der Waals surface area contributed by atoms with Gasteiger partial charge in [-0.3, -0.25) is 4.79 Å². The van der Waals surface area contributed by atoms with E-state index in [0.717, 1.165) is 33.6 Å². The molecule has 1 fully saturated rings. The second-order valence-corrected chi connectivity index (χ2v) is 8.96. The lowest BCUT2D eigenvalue weighted by molar-refractivity contribution is 0.0591. The molecule has 4 aromatic rings. The monoisotopic (exact) mass is 439 g/mol. The Morgan fingerprint density at radius 2 is 1.90 bits per heavy atom. The van der Waals surface area contributed by atoms with E-state index in [1.165, 1.54) is 34.8 Å². The summed E-state index contributed by atoms with van der Waals surface area (Å²) in [7, 11) is 0. The maximum atomic E-state index is 13.4. The largest absolute Gasteiger partial charge is 0.467 e. The van der Waals surface area contributed by atoms with Gasteiger partial charge in [0.1, 0.15) is 22.6 Å². The molecule has 0 atom stereocenters. The molecule has 0 saturated carbocycles. The molecule has 5 rings (SSSR count). The minimum Gasteiger partial charge on any atom is -0.467 e. The Morgan fingerprint density at radius 1 is 1.10 bits per heavy atom. The molecule has 30 heavy (non-hydrogen) atoms. The molecule has 1 aliphatic rings. The first-order valence-corrected chi connectivity index (χ1v) is 11.4. The van der Waals surface area contributed by atoms with Crippen molar-refractivity contribution < 1.29 is 13.9 Å². The van der Waals surface area contributed by atoms with Crippen LogP contribution in [0.2, 0.25) is 0 Å². The van der Waals surface area contributed by atoms with Gasteiger partial charge in [-0.1, -0.05) is 41.7 Å². The molecular formula is C22H18FN3O2S2. The summed E-state index contributed by atoms with van der Waals surface area (Å²) in [6.07, 6.45) is 1.45. The number of nitrogens with zero attached hydrogens (tertiary/aromatic N) is 3. The maximum absolute atomic E-state index is 13.4. The second-order valence-electron chi connectivity index (χ2n) is 7.11. The molecule has 8 heteroatoms. The number of carbonyl (C=O) groups is 1. The SMILES string of the molecule is O=C(c1csc(-c2ccccc2)n1)N1CCC(Oc2nc3ccc(F)cc3s2)CC1. The van der Waals surface area contributed by atoms with Gasteiger partial charge in [0.05, 0.1) is 10.2 Å². The number of benzene rings is 2. The van der Waals surface area contributed by atoms with Crippen molar-refractivity contribution in [3.05, 3.63) is 65.4 Å². The predicted molar refractivity (Wildman–Crippen MR) is 117 cm³/mol. The van der Waals surface area contributed by atoms with Crippen molar-refractivity contribution in [2.24, 2.45) is 0 Å². The van der Waals surface area contributed by atoms with Gasteiger partial charge in [-0.2, -0.15) is 0 Å². The van der Waals surface area contributed by atoms with Crippen LogP contribution in [-0.2, 0) is 0 Å². The van der Waals surface area contributed by atoms with Gasteiger partial charge in [0, 0.05) is 36.9 Å². The lowest BCUT2D eigenvalue weighted by Crippen LogP contribution is -2.41. The number of fused-ring (bicyclic) bond motifs is 1. The van der Waals surface area contributed by atoms with Crippen molar-refractivity contribution >= 4 is 38.8 Å². The molecule has 1 amide bonds. The number of thiazole rings is 2. The molecule has 3 heterocycles. The van der Waals surface area contributed by atoms with E-state index >= 15 is 0 Å². The summed E-state index contributed by atoms with van der Waals surface area (Å²) in [6.45, 7) is 1.22. The Balaban J connectivity index is 1.20. The highest BCUT2D eigenvalue weighted by atomic mass is 32.1. The number of aromatic nitrogens is 2. The molecule has 5 nitrogen and oxygen atoms in total. The number of piperidine rings is 1. The van der Waals surface area contributed by atoms with Crippen LogP contribution in [0.25, 0.3) is 20.8 Å². The zero-order chi connectivity index (χ0) is 20.5. The van der Waals surface area contributed by atoms with Crippen LogP contribution in [0.4, 0.5) is 4.39 Å². The van der Waals surface area contributed by atoms with E-state index in [9.17, 15) is 9.18 Å². The van der Waals surface area contributed by atoms with Crippen molar-refractivity contribution in [3.63, 3.8) is 0 Å². The first-order valence-electron chi connectivity index (χ1n) is 9.69. The molecule has 152 valence electrons. The molecule has 0 aliphatic carbocycles. The van der Waals surface area contributed by atoms with Gasteiger partial charge in [-0.15, -0.1) is 11.3 Å². The molecule has 2 aromatic carbocycles. The topological polar surface area (TPSA) is 55.3 Å². The molecule has 0 unspecified atom stereocenters. The summed E-state index contributed by atoms with van der Waals surface area (Å²) in [5.41, 5.74) is 2.25. The number of ether oxygens (including phenoxy) is 1. The van der Waals surface area contributed by atoms with Crippen LogP contribution >= 0.6 is 22.7 Å². The summed E-state index contributed by atoms with van der Waals surface area (Å²) in [4.78, 5) is 23.6. The highest BCUT2D eigenvalue weighted by Crippen LogP contribution is 2.30. The molecule has 2 aromatic heterocycles. The number of halogens is 1. The first kappa shape index (κ1) is 19.1. The average molecular weight is 440 g/mol. The van der Waals surface area contributed by atoms with Crippen LogP contribution in [0.15, 0.2) is 53.9 Å². The van der Waals surface area contributed by atoms with Gasteiger partial charge in [-0.25, -0.2) is 14.4 Å². The Morgan fingerprint density at radius 3 is 2.70 bits per heavy atom. The molecule has 0 radical (unpaired) electrons. The van der Waals surface area contributed by atoms with E-state index in [0.29, 0.717) is 24.0 Å². The molecule has 0 spiro atoms. The van der Waals surface area contributed by atoms with Gasteiger partial charge in [0.15, 0.2) is 0 Å². The van der Waals surface area contributed by atoms with Crippen LogP contribution in [0.1, 0.15) is 23.3 Å². The average Bonchev–Trinajstić information content (AvgIpc) is 3.41. The third kappa shape index (κ3) is 3.93. The van der Waals surface area contributed by atoms with Crippen molar-refractivity contribution in [2.45, 2.75) is 18.9 Å². The van der Waals surface area contributed by atoms with E-state index in [1.54, 1.807) is 6.07 Å². The molecule has 0 N–H and O–H groups in total. The highest BCUT2D eigenvalue weighted by molar-refractivity contribution is 7.20. The van der Waals surface area contributed by atoms with Gasteiger partial charge in [0.25, 0.3) is 11.1 Å². The van der Waals surface area contributed by atoms with Crippen LogP contribution < -0.4 is 4.74 Å². The standard InChI is InChI=1S/C22H18FN3O2S2/c23-15-6-7-17-19(12-15)30-22(25-17)28-16-8-10-26(11-9-16)21(27)18-13-29-20(24-18)14-4-2-1-3-5-14/h1-7,12-13,16H,8-11H2. The predicted octanol–water partition coefficient (Wildman–Crippen LogP) is 5.24. The number of hydrogen-bond donors (Lipinski definition) is 0. The summed E-state index contributed by atoms with van der Waals surface area (Å²) in [5, 5.41) is 3.23. The first-order chi connectivity index (χ1) is 14.7. The third-order valence-corrected chi connectivity index (χ3v) is 6.87. The zero-order valence-corrected chi connectivity index (χ0v) is 17.6. The highest BCUT2D eigenvalue weighted by Gasteiger charge is 2.27. The Kier molecular flexibility index (Phi) is 5.18. The van der Waals surface area contributed by atoms with Gasteiger partial charge in [0.2, 0.25) is 0 Å². The van der Waals surface area contributed by atoms with Crippen molar-refractivity contribution in [1.82, 2.24) is 14.9 Å². The Hall–Kier alpha value is -2.84. The van der Waals surface area contributed by atoms with Gasteiger partial charge < -0.3 is 9.64 Å². The van der Waals surface area contributed by atoms with E-state index in [1.807, 2.05) is 40.6 Å². The number of hydrogen-bond acceptors (Lipinski definition) is 6. The minimum atomic E-state index is -0.276. The second kappa shape index (κ2) is 8.12. The van der Waals surface area contributed by atoms with E-state index in [4.69, 9.17) is 4.74 Å². The Labute approximate surface area is 180 Å². The third-order valence-electron chi connectivity index (χ3n) is 5.07. The van der Waals surface area contributed by atoms with Crippen LogP contribution in [0, 0.1) is 5.82 Å². The van der Waals surface area contributed by atoms with Crippen LogP contribution in [-0.4, -0.2) is 40.0 Å². The van der Waals surface area contributed by atoms with Crippen molar-refractivity contribution in [2.75, 3.05) is 13.1 Å². The van der Waals surface area contributed by atoms with Gasteiger partial charge in [-0.05, 0) is 18.2 Å². The number of amides is 1. The number of carbonyl (C=O) groups excluding carboxylic acids is 1. The number of rotatable bonds is 4. The fourth-order valence-corrected chi connectivity index (χ4v) is 5.20. The molecule has 1 aliphatic heterocycles. The fourth-order valence-electron chi connectivity index (χ4n) is 3.49. The quantitative estimate of drug-likeness (QED) is 0.436. The van der Waals surface area contributed by atoms with Crippen LogP contribution in [0.5, 0.6) is 5.19 Å². The van der Waals surface area contributed by atoms with E-state index in [2.05, 4.69) is 9.97 Å². The lowest BCUT2D eigenvalue weighted by atomic mass is 10.1. The molecule has 0 bridgehead atoms. The zero-order valence-electron chi connectivity index (χ0n) is 16.0. The summed E-state index contributed by atoms with van der Waals surface area (Å²) >= 11 is 2.83. The lowest BCUT2D eigenvalue weighted by Gasteiger charge is -2.31. The van der Waals surface area contributed by atoms with Crippen LogP contribution in [0.3, 0.4) is 0 Å². The fraction of sp³-hybridized carbons (Fsp3) is 0.227. The van der Waals surface area contributed by atoms with Gasteiger partial charge >= 0.3 is 0 Å². The Bertz CT molecular complexity index is 1180. The summed E-state index contributed by atoms with van der Waals surface area (Å²) < 4.78 is 20.1. The summed E-state index contributed by atoms with van der Waals surface area (Å²) in [5.74, 6) is -0.315. The normalized spacial score (nSPS) is 14.9. The minimum absolute atomic E-state index is 0.00484. The molecule has 1 saturated heterocycles. The van der Waals surface area contributed by atoms with E-state index < -0.39 is 0 Å². The molecular weight excluding hydrogens is 421 g/mol. The van der Waals surface area contributed by atoms with Crippen molar-refractivity contribution in [3.8, 4) is 15.8 Å². The van der Waals surface area contributed by atoms with Crippen molar-refractivity contribution in [1.29, 1.82) is 0 Å².